The van der Waals surface area contributed by atoms with Gasteiger partial charge >= 0.3 is 0 Å². The van der Waals surface area contributed by atoms with Crippen molar-refractivity contribution in [3.8, 4) is 0 Å². The van der Waals surface area contributed by atoms with Gasteiger partial charge in [-0.2, -0.15) is 0 Å². The monoisotopic (exact) mass is 335 g/mol. The number of carbonyl (C=O) groups is 2. The molecular formula is C17H22ClN3O2. The van der Waals surface area contributed by atoms with Crippen molar-refractivity contribution in [3.63, 3.8) is 0 Å². The van der Waals surface area contributed by atoms with E-state index in [-0.39, 0.29) is 17.2 Å². The molecule has 0 fully saturated rings. The molecule has 2 amide bonds. The van der Waals surface area contributed by atoms with Crippen LogP contribution in [-0.2, 0) is 4.79 Å². The number of nitrogens with one attached hydrogen (secondary N) is 3. The zero-order valence-electron chi connectivity index (χ0n) is 13.8. The molecule has 2 rings (SSSR count). The van der Waals surface area contributed by atoms with Crippen molar-refractivity contribution in [1.82, 2.24) is 15.6 Å². The Morgan fingerprint density at radius 1 is 1.30 bits per heavy atom. The van der Waals surface area contributed by atoms with Crippen LogP contribution in [0.2, 0.25) is 5.02 Å². The fraction of sp³-hybridized carbons (Fsp3) is 0.412. The first-order valence-corrected chi connectivity index (χ1v) is 7.89. The van der Waals surface area contributed by atoms with Crippen LogP contribution in [0.25, 0.3) is 10.9 Å². The summed E-state index contributed by atoms with van der Waals surface area (Å²) in [5, 5.41) is 6.80. The smallest absolute Gasteiger partial charge is 0.268 e. The van der Waals surface area contributed by atoms with E-state index in [9.17, 15) is 9.59 Å². The predicted molar refractivity (Wildman–Crippen MR) is 92.7 cm³/mol. The number of rotatable bonds is 4. The number of aromatic amines is 1. The Morgan fingerprint density at radius 3 is 2.57 bits per heavy atom. The summed E-state index contributed by atoms with van der Waals surface area (Å²) in [7, 11) is 1.56. The average molecular weight is 336 g/mol. The van der Waals surface area contributed by atoms with E-state index in [1.165, 1.54) is 0 Å². The summed E-state index contributed by atoms with van der Waals surface area (Å²) in [6.45, 7) is 6.08. The van der Waals surface area contributed by atoms with Crippen molar-refractivity contribution >= 4 is 34.3 Å². The maximum absolute atomic E-state index is 12.5. The minimum atomic E-state index is -0.589. The van der Waals surface area contributed by atoms with Crippen molar-refractivity contribution < 1.29 is 9.59 Å². The van der Waals surface area contributed by atoms with Crippen molar-refractivity contribution in [2.24, 2.45) is 5.41 Å². The molecule has 0 aliphatic heterocycles. The van der Waals surface area contributed by atoms with E-state index in [1.807, 2.05) is 32.9 Å². The van der Waals surface area contributed by atoms with Gasteiger partial charge in [-0.15, -0.1) is 0 Å². The second kappa shape index (κ2) is 6.62. The third-order valence-electron chi connectivity index (χ3n) is 3.53. The number of H-pyrrole nitrogens is 1. The lowest BCUT2D eigenvalue weighted by Gasteiger charge is -2.25. The predicted octanol–water partition coefficient (Wildman–Crippen LogP) is 3.10. The molecular weight excluding hydrogens is 314 g/mol. The Bertz CT molecular complexity index is 731. The molecule has 0 saturated heterocycles. The van der Waals surface area contributed by atoms with Gasteiger partial charge in [0, 0.05) is 12.4 Å². The molecule has 0 aliphatic rings. The van der Waals surface area contributed by atoms with Gasteiger partial charge in [-0.05, 0) is 24.0 Å². The summed E-state index contributed by atoms with van der Waals surface area (Å²) in [5.74, 6) is -0.530. The second-order valence-electron chi connectivity index (χ2n) is 6.79. The molecule has 0 spiro atoms. The normalized spacial score (nSPS) is 12.9. The van der Waals surface area contributed by atoms with E-state index in [0.717, 1.165) is 5.39 Å². The Kier molecular flexibility index (Phi) is 5.00. The molecule has 1 aromatic carbocycles. The molecule has 0 bridgehead atoms. The molecule has 0 saturated carbocycles. The van der Waals surface area contributed by atoms with Gasteiger partial charge in [0.2, 0.25) is 5.91 Å². The number of amides is 2. The highest BCUT2D eigenvalue weighted by molar-refractivity contribution is 6.35. The summed E-state index contributed by atoms with van der Waals surface area (Å²) in [6.07, 6.45) is 0.541. The van der Waals surface area contributed by atoms with Crippen LogP contribution in [0, 0.1) is 5.41 Å². The first-order valence-electron chi connectivity index (χ1n) is 7.51. The molecule has 0 aliphatic carbocycles. The average Bonchev–Trinajstić information content (AvgIpc) is 2.90. The van der Waals surface area contributed by atoms with Crippen molar-refractivity contribution in [2.75, 3.05) is 7.05 Å². The van der Waals surface area contributed by atoms with E-state index in [4.69, 9.17) is 11.6 Å². The fourth-order valence-electron chi connectivity index (χ4n) is 2.47. The van der Waals surface area contributed by atoms with Crippen molar-refractivity contribution in [3.05, 3.63) is 35.0 Å². The van der Waals surface area contributed by atoms with Crippen LogP contribution in [0.1, 0.15) is 37.7 Å². The van der Waals surface area contributed by atoms with E-state index in [2.05, 4.69) is 15.6 Å². The summed E-state index contributed by atoms with van der Waals surface area (Å²) in [5.41, 5.74) is 1.01. The molecule has 0 unspecified atom stereocenters. The molecule has 6 heteroatoms. The standard InChI is InChI=1S/C17H22ClN3O2/c1-17(2,3)9-13(15(22)19-4)21-16(23)12-8-10-6-5-7-11(18)14(10)20-12/h5-8,13,20H,9H2,1-4H3,(H,19,22)(H,21,23)/t13-/m0/s1. The maximum Gasteiger partial charge on any atom is 0.268 e. The minimum absolute atomic E-state index is 0.0891. The van der Waals surface area contributed by atoms with Gasteiger partial charge in [0.15, 0.2) is 0 Å². The highest BCUT2D eigenvalue weighted by Crippen LogP contribution is 2.24. The van der Waals surface area contributed by atoms with E-state index >= 15 is 0 Å². The van der Waals surface area contributed by atoms with Gasteiger partial charge in [-0.3, -0.25) is 9.59 Å². The molecule has 1 atom stereocenters. The van der Waals surface area contributed by atoms with Gasteiger partial charge in [0.25, 0.3) is 5.91 Å². The lowest BCUT2D eigenvalue weighted by molar-refractivity contribution is -0.123. The number of hydrogen-bond donors (Lipinski definition) is 3. The Morgan fingerprint density at radius 2 is 2.00 bits per heavy atom. The zero-order valence-corrected chi connectivity index (χ0v) is 14.5. The van der Waals surface area contributed by atoms with Gasteiger partial charge in [-0.1, -0.05) is 44.5 Å². The first kappa shape index (κ1) is 17.3. The Hall–Kier alpha value is -2.01. The summed E-state index contributed by atoms with van der Waals surface area (Å²) < 4.78 is 0. The number of halogens is 1. The molecule has 1 heterocycles. The summed E-state index contributed by atoms with van der Waals surface area (Å²) >= 11 is 6.11. The number of likely N-dealkylation sites (N-methyl/N-ethyl adjacent to an activating group) is 1. The molecule has 23 heavy (non-hydrogen) atoms. The minimum Gasteiger partial charge on any atom is -0.357 e. The number of fused-ring (bicyclic) bond motifs is 1. The zero-order chi connectivity index (χ0) is 17.2. The highest BCUT2D eigenvalue weighted by Gasteiger charge is 2.26. The quantitative estimate of drug-likeness (QED) is 0.803. The van der Waals surface area contributed by atoms with Crippen LogP contribution < -0.4 is 10.6 Å². The van der Waals surface area contributed by atoms with E-state index in [1.54, 1.807) is 19.2 Å². The van der Waals surface area contributed by atoms with Crippen LogP contribution in [0.3, 0.4) is 0 Å². The van der Waals surface area contributed by atoms with Crippen molar-refractivity contribution in [1.29, 1.82) is 0 Å². The first-order chi connectivity index (χ1) is 10.7. The van der Waals surface area contributed by atoms with Crippen LogP contribution in [0.5, 0.6) is 0 Å². The Balaban J connectivity index is 2.23. The number of aromatic nitrogens is 1. The number of carbonyl (C=O) groups excluding carboxylic acids is 2. The molecule has 2 aromatic rings. The largest absolute Gasteiger partial charge is 0.357 e. The lowest BCUT2D eigenvalue weighted by atomic mass is 9.87. The maximum atomic E-state index is 12.5. The van der Waals surface area contributed by atoms with Gasteiger partial charge in [0.1, 0.15) is 11.7 Å². The topological polar surface area (TPSA) is 74.0 Å². The number of para-hydroxylation sites is 1. The third-order valence-corrected chi connectivity index (χ3v) is 3.85. The summed E-state index contributed by atoms with van der Waals surface area (Å²) in [6, 6.07) is 6.60. The fourth-order valence-corrected chi connectivity index (χ4v) is 2.70. The lowest BCUT2D eigenvalue weighted by Crippen LogP contribution is -2.47. The highest BCUT2D eigenvalue weighted by atomic mass is 35.5. The molecule has 5 nitrogen and oxygen atoms in total. The summed E-state index contributed by atoms with van der Waals surface area (Å²) in [4.78, 5) is 27.5. The molecule has 3 N–H and O–H groups in total. The molecule has 1 aromatic heterocycles. The Labute approximate surface area is 140 Å². The molecule has 0 radical (unpaired) electrons. The second-order valence-corrected chi connectivity index (χ2v) is 7.20. The number of benzene rings is 1. The van der Waals surface area contributed by atoms with Gasteiger partial charge in [-0.25, -0.2) is 0 Å². The van der Waals surface area contributed by atoms with Gasteiger partial charge in [0.05, 0.1) is 10.5 Å². The van der Waals surface area contributed by atoms with E-state index in [0.29, 0.717) is 22.7 Å². The van der Waals surface area contributed by atoms with E-state index < -0.39 is 6.04 Å². The van der Waals surface area contributed by atoms with Gasteiger partial charge < -0.3 is 15.6 Å². The van der Waals surface area contributed by atoms with Crippen LogP contribution >= 0.6 is 11.6 Å². The SMILES string of the molecule is CNC(=O)[C@H](CC(C)(C)C)NC(=O)c1cc2cccc(Cl)c2[nH]1. The third kappa shape index (κ3) is 4.26. The van der Waals surface area contributed by atoms with Crippen LogP contribution in [-0.4, -0.2) is 29.9 Å². The van der Waals surface area contributed by atoms with Crippen molar-refractivity contribution in [2.45, 2.75) is 33.2 Å². The van der Waals surface area contributed by atoms with Crippen LogP contribution in [0.4, 0.5) is 0 Å². The van der Waals surface area contributed by atoms with Crippen LogP contribution in [0.15, 0.2) is 24.3 Å². The number of hydrogen-bond acceptors (Lipinski definition) is 2. The molecule has 124 valence electrons.